The van der Waals surface area contributed by atoms with E-state index in [4.69, 9.17) is 0 Å². The summed E-state index contributed by atoms with van der Waals surface area (Å²) >= 11 is 0. The van der Waals surface area contributed by atoms with E-state index >= 15 is 0 Å². The van der Waals surface area contributed by atoms with E-state index < -0.39 is 0 Å². The van der Waals surface area contributed by atoms with Crippen molar-refractivity contribution < 1.29 is 4.79 Å². The van der Waals surface area contributed by atoms with Crippen molar-refractivity contribution in [3.63, 3.8) is 0 Å². The largest absolute Gasteiger partial charge is 0.358 e. The Balaban J connectivity index is 1.68. The molecular weight excluding hydrogens is 340 g/mol. The van der Waals surface area contributed by atoms with E-state index in [1.54, 1.807) is 23.6 Å². The van der Waals surface area contributed by atoms with Crippen molar-refractivity contribution in [2.45, 2.75) is 19.4 Å². The number of carbonyl (C=O) groups excluding carboxylic acids is 1. The fraction of sp³-hybridized carbons (Fsp3) is 0.286. The Morgan fingerprint density at radius 1 is 1.07 bits per heavy atom. The second-order valence-electron chi connectivity index (χ2n) is 6.61. The van der Waals surface area contributed by atoms with Crippen LogP contribution in [0.15, 0.2) is 59.4 Å². The number of benzene rings is 2. The van der Waals surface area contributed by atoms with Gasteiger partial charge in [-0.05, 0) is 24.1 Å². The monoisotopic (exact) mass is 364 g/mol. The first kappa shape index (κ1) is 18.6. The van der Waals surface area contributed by atoms with E-state index in [1.165, 1.54) is 5.56 Å². The van der Waals surface area contributed by atoms with Gasteiger partial charge in [0.1, 0.15) is 0 Å². The predicted octanol–water partition coefficient (Wildman–Crippen LogP) is 2.21. The molecule has 1 amide bonds. The van der Waals surface area contributed by atoms with Crippen molar-refractivity contribution in [3.8, 4) is 0 Å². The van der Waals surface area contributed by atoms with Crippen LogP contribution in [0.25, 0.3) is 11.0 Å². The number of anilines is 1. The zero-order chi connectivity index (χ0) is 19.2. The van der Waals surface area contributed by atoms with Gasteiger partial charge in [-0.3, -0.25) is 9.59 Å². The number of aryl methyl sites for hydroxylation is 1. The first-order valence-corrected chi connectivity index (χ1v) is 9.04. The molecule has 6 heteroatoms. The summed E-state index contributed by atoms with van der Waals surface area (Å²) in [5, 5.41) is 2.93. The molecule has 0 unspecified atom stereocenters. The van der Waals surface area contributed by atoms with Crippen LogP contribution in [-0.4, -0.2) is 36.1 Å². The Labute approximate surface area is 158 Å². The number of aromatic nitrogens is 2. The van der Waals surface area contributed by atoms with Gasteiger partial charge in [0.25, 0.3) is 5.56 Å². The summed E-state index contributed by atoms with van der Waals surface area (Å²) in [6.07, 6.45) is 1.03. The summed E-state index contributed by atoms with van der Waals surface area (Å²) in [6.45, 7) is 0.900. The summed E-state index contributed by atoms with van der Waals surface area (Å²) in [6, 6.07) is 17.5. The van der Waals surface area contributed by atoms with Gasteiger partial charge in [-0.1, -0.05) is 42.5 Å². The molecule has 0 aliphatic rings. The molecule has 0 saturated heterocycles. The van der Waals surface area contributed by atoms with E-state index in [0.29, 0.717) is 18.9 Å². The molecule has 0 atom stereocenters. The minimum atomic E-state index is -0.184. The Kier molecular flexibility index (Phi) is 5.86. The molecule has 0 fully saturated rings. The van der Waals surface area contributed by atoms with Crippen LogP contribution in [0, 0.1) is 0 Å². The second-order valence-corrected chi connectivity index (χ2v) is 6.61. The number of amides is 1. The van der Waals surface area contributed by atoms with Crippen LogP contribution in [0.4, 0.5) is 5.82 Å². The van der Waals surface area contributed by atoms with Crippen LogP contribution in [0.1, 0.15) is 12.0 Å². The van der Waals surface area contributed by atoms with Crippen molar-refractivity contribution >= 4 is 22.8 Å². The smallest absolute Gasteiger partial charge is 0.293 e. The fourth-order valence-corrected chi connectivity index (χ4v) is 2.98. The number of nitrogens with one attached hydrogen (secondary N) is 1. The lowest BCUT2D eigenvalue weighted by atomic mass is 10.1. The SMILES string of the molecule is CN(C)c1nc2ccccc2n(CCC(=O)NCCc2ccccc2)c1=O. The van der Waals surface area contributed by atoms with Gasteiger partial charge in [0.05, 0.1) is 11.0 Å². The molecule has 2 aromatic carbocycles. The zero-order valence-electron chi connectivity index (χ0n) is 15.7. The van der Waals surface area contributed by atoms with Crippen molar-refractivity contribution in [2.24, 2.45) is 0 Å². The molecule has 1 N–H and O–H groups in total. The number of fused-ring (bicyclic) bond motifs is 1. The number of rotatable bonds is 7. The van der Waals surface area contributed by atoms with E-state index in [9.17, 15) is 9.59 Å². The van der Waals surface area contributed by atoms with E-state index in [0.717, 1.165) is 17.5 Å². The molecule has 3 rings (SSSR count). The van der Waals surface area contributed by atoms with Gasteiger partial charge in [0.2, 0.25) is 5.91 Å². The van der Waals surface area contributed by atoms with Gasteiger partial charge in [0, 0.05) is 33.6 Å². The predicted molar refractivity (Wildman–Crippen MR) is 108 cm³/mol. The molecule has 140 valence electrons. The highest BCUT2D eigenvalue weighted by atomic mass is 16.2. The lowest BCUT2D eigenvalue weighted by molar-refractivity contribution is -0.121. The third kappa shape index (κ3) is 4.53. The van der Waals surface area contributed by atoms with Crippen LogP contribution < -0.4 is 15.8 Å². The van der Waals surface area contributed by atoms with Crippen molar-refractivity contribution in [2.75, 3.05) is 25.5 Å². The summed E-state index contributed by atoms with van der Waals surface area (Å²) < 4.78 is 1.63. The first-order chi connectivity index (χ1) is 13.1. The van der Waals surface area contributed by atoms with Crippen LogP contribution in [0.2, 0.25) is 0 Å². The quantitative estimate of drug-likeness (QED) is 0.698. The van der Waals surface area contributed by atoms with Crippen molar-refractivity contribution in [3.05, 3.63) is 70.5 Å². The number of hydrogen-bond donors (Lipinski definition) is 1. The minimum absolute atomic E-state index is 0.0647. The van der Waals surface area contributed by atoms with Gasteiger partial charge in [-0.25, -0.2) is 4.98 Å². The number of carbonyl (C=O) groups is 1. The summed E-state index contributed by atoms with van der Waals surface area (Å²) in [7, 11) is 3.58. The number of hydrogen-bond acceptors (Lipinski definition) is 4. The number of para-hydroxylation sites is 2. The molecule has 6 nitrogen and oxygen atoms in total. The van der Waals surface area contributed by atoms with Gasteiger partial charge in [-0.2, -0.15) is 0 Å². The molecule has 0 saturated carbocycles. The van der Waals surface area contributed by atoms with Gasteiger partial charge in [-0.15, -0.1) is 0 Å². The summed E-state index contributed by atoms with van der Waals surface area (Å²) in [5.74, 6) is 0.309. The third-order valence-corrected chi connectivity index (χ3v) is 4.40. The molecule has 0 bridgehead atoms. The van der Waals surface area contributed by atoms with E-state index in [2.05, 4.69) is 10.3 Å². The Morgan fingerprint density at radius 3 is 2.52 bits per heavy atom. The van der Waals surface area contributed by atoms with E-state index in [1.807, 2.05) is 54.6 Å². The van der Waals surface area contributed by atoms with Crippen LogP contribution in [0.5, 0.6) is 0 Å². The van der Waals surface area contributed by atoms with Crippen LogP contribution in [-0.2, 0) is 17.8 Å². The minimum Gasteiger partial charge on any atom is -0.358 e. The lowest BCUT2D eigenvalue weighted by Gasteiger charge is -2.16. The van der Waals surface area contributed by atoms with Gasteiger partial charge >= 0.3 is 0 Å². The average molecular weight is 364 g/mol. The van der Waals surface area contributed by atoms with Crippen LogP contribution >= 0.6 is 0 Å². The first-order valence-electron chi connectivity index (χ1n) is 9.04. The van der Waals surface area contributed by atoms with Crippen LogP contribution in [0.3, 0.4) is 0 Å². The molecule has 0 aliphatic heterocycles. The normalized spacial score (nSPS) is 10.7. The maximum Gasteiger partial charge on any atom is 0.293 e. The maximum atomic E-state index is 12.8. The zero-order valence-corrected chi connectivity index (χ0v) is 15.7. The van der Waals surface area contributed by atoms with Crippen molar-refractivity contribution in [1.29, 1.82) is 0 Å². The topological polar surface area (TPSA) is 67.2 Å². The highest BCUT2D eigenvalue weighted by molar-refractivity contribution is 5.78. The molecule has 1 heterocycles. The standard InChI is InChI=1S/C21H24N4O2/c1-24(2)20-21(27)25(18-11-7-6-10-17(18)23-20)15-13-19(26)22-14-12-16-8-4-3-5-9-16/h3-11H,12-15H2,1-2H3,(H,22,26). The molecule has 3 aromatic rings. The summed E-state index contributed by atoms with van der Waals surface area (Å²) in [4.78, 5) is 31.1. The van der Waals surface area contributed by atoms with Gasteiger partial charge < -0.3 is 14.8 Å². The maximum absolute atomic E-state index is 12.8. The van der Waals surface area contributed by atoms with E-state index in [-0.39, 0.29) is 17.9 Å². The van der Waals surface area contributed by atoms with Crippen molar-refractivity contribution in [1.82, 2.24) is 14.9 Å². The fourth-order valence-electron chi connectivity index (χ4n) is 2.98. The Morgan fingerprint density at radius 2 is 1.78 bits per heavy atom. The molecule has 0 spiro atoms. The molecular formula is C21H24N4O2. The molecule has 1 aromatic heterocycles. The average Bonchev–Trinajstić information content (AvgIpc) is 2.67. The lowest BCUT2D eigenvalue weighted by Crippen LogP contribution is -2.32. The Bertz CT molecular complexity index is 980. The van der Waals surface area contributed by atoms with Gasteiger partial charge in [0.15, 0.2) is 5.82 Å². The highest BCUT2D eigenvalue weighted by Gasteiger charge is 2.13. The number of nitrogens with zero attached hydrogens (tertiary/aromatic N) is 3. The summed E-state index contributed by atoms with van der Waals surface area (Å²) in [5.41, 5.74) is 2.48. The Hall–Kier alpha value is -3.15. The molecule has 0 radical (unpaired) electrons. The second kappa shape index (κ2) is 8.49. The molecule has 27 heavy (non-hydrogen) atoms. The molecule has 0 aliphatic carbocycles. The third-order valence-electron chi connectivity index (χ3n) is 4.40. The highest BCUT2D eigenvalue weighted by Crippen LogP contribution is 2.13.